The summed E-state index contributed by atoms with van der Waals surface area (Å²) in [7, 11) is 0. The van der Waals surface area contributed by atoms with Gasteiger partial charge in [-0.25, -0.2) is 0 Å². The van der Waals surface area contributed by atoms with Crippen LogP contribution in [0.2, 0.25) is 0 Å². The number of rotatable bonds is 3. The Hall–Kier alpha value is -1.76. The van der Waals surface area contributed by atoms with E-state index in [1.807, 2.05) is 0 Å². The zero-order valence-electron chi connectivity index (χ0n) is 13.5. The SMILES string of the molecule is CC(C)c1cccc(NC2c3ccccc3CC2(C)C)c1. The fraction of sp³-hybridized carbons (Fsp3) is 0.400. The van der Waals surface area contributed by atoms with Crippen LogP contribution >= 0.6 is 0 Å². The maximum atomic E-state index is 3.78. The highest BCUT2D eigenvalue weighted by Crippen LogP contribution is 2.46. The predicted molar refractivity (Wildman–Crippen MR) is 90.8 cm³/mol. The molecule has 1 N–H and O–H groups in total. The van der Waals surface area contributed by atoms with E-state index >= 15 is 0 Å². The van der Waals surface area contributed by atoms with Crippen molar-refractivity contribution in [3.05, 3.63) is 65.2 Å². The molecule has 1 atom stereocenters. The number of fused-ring (bicyclic) bond motifs is 1. The second kappa shape index (κ2) is 5.22. The van der Waals surface area contributed by atoms with Gasteiger partial charge in [-0.2, -0.15) is 0 Å². The average Bonchev–Trinajstić information content (AvgIpc) is 2.70. The Kier molecular flexibility index (Phi) is 3.52. The van der Waals surface area contributed by atoms with Crippen molar-refractivity contribution in [3.63, 3.8) is 0 Å². The second-order valence-corrected chi connectivity index (χ2v) is 7.22. The zero-order valence-corrected chi connectivity index (χ0v) is 13.5. The van der Waals surface area contributed by atoms with Gasteiger partial charge < -0.3 is 5.32 Å². The average molecular weight is 279 g/mol. The minimum atomic E-state index is 0.248. The Bertz CT molecular complexity index is 640. The predicted octanol–water partition coefficient (Wildman–Crippen LogP) is 5.55. The summed E-state index contributed by atoms with van der Waals surface area (Å²) < 4.78 is 0. The molecule has 1 heteroatoms. The molecule has 21 heavy (non-hydrogen) atoms. The largest absolute Gasteiger partial charge is 0.378 e. The monoisotopic (exact) mass is 279 g/mol. The summed E-state index contributed by atoms with van der Waals surface area (Å²) in [5.41, 5.74) is 5.81. The van der Waals surface area contributed by atoms with Gasteiger partial charge in [0, 0.05) is 5.69 Å². The molecule has 1 unspecified atom stereocenters. The smallest absolute Gasteiger partial charge is 0.0570 e. The Balaban J connectivity index is 1.92. The molecule has 1 aliphatic rings. The van der Waals surface area contributed by atoms with Crippen molar-refractivity contribution in [2.24, 2.45) is 5.41 Å². The first-order valence-corrected chi connectivity index (χ1v) is 7.92. The van der Waals surface area contributed by atoms with Crippen molar-refractivity contribution < 1.29 is 0 Å². The number of nitrogens with one attached hydrogen (secondary N) is 1. The maximum absolute atomic E-state index is 3.78. The van der Waals surface area contributed by atoms with E-state index in [4.69, 9.17) is 0 Å². The van der Waals surface area contributed by atoms with Gasteiger partial charge in [0.05, 0.1) is 6.04 Å². The van der Waals surface area contributed by atoms with Crippen LogP contribution in [0.4, 0.5) is 5.69 Å². The standard InChI is InChI=1S/C20H25N/c1-14(2)15-9-7-10-17(12-15)21-19-18-11-6-5-8-16(18)13-20(19,3)4/h5-12,14,19,21H,13H2,1-4H3. The highest BCUT2D eigenvalue weighted by molar-refractivity contribution is 5.51. The summed E-state index contributed by atoms with van der Waals surface area (Å²) in [6, 6.07) is 18.1. The van der Waals surface area contributed by atoms with Crippen LogP contribution in [0.5, 0.6) is 0 Å². The van der Waals surface area contributed by atoms with Crippen molar-refractivity contribution in [2.75, 3.05) is 5.32 Å². The first-order valence-electron chi connectivity index (χ1n) is 7.92. The van der Waals surface area contributed by atoms with Crippen LogP contribution < -0.4 is 5.32 Å². The number of benzene rings is 2. The summed E-state index contributed by atoms with van der Waals surface area (Å²) in [5, 5.41) is 3.78. The van der Waals surface area contributed by atoms with Crippen molar-refractivity contribution in [3.8, 4) is 0 Å². The molecule has 0 spiro atoms. The first-order chi connectivity index (χ1) is 9.97. The minimum absolute atomic E-state index is 0.248. The van der Waals surface area contributed by atoms with E-state index in [9.17, 15) is 0 Å². The molecule has 0 aromatic heterocycles. The van der Waals surface area contributed by atoms with Gasteiger partial charge >= 0.3 is 0 Å². The third-order valence-electron chi connectivity index (χ3n) is 4.66. The maximum Gasteiger partial charge on any atom is 0.0570 e. The third kappa shape index (κ3) is 2.70. The Labute approximate surface area is 128 Å². The molecule has 0 saturated heterocycles. The summed E-state index contributed by atoms with van der Waals surface area (Å²) in [6.07, 6.45) is 1.14. The molecule has 110 valence electrons. The van der Waals surface area contributed by atoms with Crippen molar-refractivity contribution in [1.29, 1.82) is 0 Å². The molecule has 0 amide bonds. The first kappa shape index (κ1) is 14.2. The third-order valence-corrected chi connectivity index (χ3v) is 4.66. The number of hydrogen-bond donors (Lipinski definition) is 1. The molecule has 0 radical (unpaired) electrons. The minimum Gasteiger partial charge on any atom is -0.378 e. The van der Waals surface area contributed by atoms with Crippen LogP contribution in [-0.2, 0) is 6.42 Å². The van der Waals surface area contributed by atoms with Gasteiger partial charge in [-0.05, 0) is 46.6 Å². The molecule has 3 rings (SSSR count). The van der Waals surface area contributed by atoms with E-state index in [0.717, 1.165) is 6.42 Å². The van der Waals surface area contributed by atoms with Crippen LogP contribution in [0, 0.1) is 5.41 Å². The van der Waals surface area contributed by atoms with E-state index in [1.165, 1.54) is 22.4 Å². The molecule has 1 aliphatic carbocycles. The van der Waals surface area contributed by atoms with Gasteiger partial charge in [0.1, 0.15) is 0 Å². The quantitative estimate of drug-likeness (QED) is 0.777. The summed E-state index contributed by atoms with van der Waals surface area (Å²) in [6.45, 7) is 9.20. The lowest BCUT2D eigenvalue weighted by Crippen LogP contribution is -2.24. The normalized spacial score (nSPS) is 19.6. The molecule has 1 nitrogen and oxygen atoms in total. The summed E-state index contributed by atoms with van der Waals surface area (Å²) in [4.78, 5) is 0. The zero-order chi connectivity index (χ0) is 15.0. The Morgan fingerprint density at radius 3 is 2.57 bits per heavy atom. The molecule has 2 aromatic rings. The summed E-state index contributed by atoms with van der Waals surface area (Å²) >= 11 is 0. The van der Waals surface area contributed by atoms with E-state index in [-0.39, 0.29) is 5.41 Å². The molecular formula is C20H25N. The molecule has 0 heterocycles. The van der Waals surface area contributed by atoms with E-state index < -0.39 is 0 Å². The lowest BCUT2D eigenvalue weighted by Gasteiger charge is -2.29. The van der Waals surface area contributed by atoms with Crippen LogP contribution in [0.25, 0.3) is 0 Å². The van der Waals surface area contributed by atoms with Gasteiger partial charge in [0.15, 0.2) is 0 Å². The van der Waals surface area contributed by atoms with Gasteiger partial charge in [-0.15, -0.1) is 0 Å². The van der Waals surface area contributed by atoms with E-state index in [1.54, 1.807) is 0 Å². The van der Waals surface area contributed by atoms with Crippen LogP contribution in [0.3, 0.4) is 0 Å². The van der Waals surface area contributed by atoms with Crippen LogP contribution in [0.15, 0.2) is 48.5 Å². The Morgan fingerprint density at radius 2 is 1.81 bits per heavy atom. The fourth-order valence-electron chi connectivity index (χ4n) is 3.42. The number of anilines is 1. The van der Waals surface area contributed by atoms with Gasteiger partial charge in [-0.3, -0.25) is 0 Å². The highest BCUT2D eigenvalue weighted by atomic mass is 14.9. The van der Waals surface area contributed by atoms with Crippen molar-refractivity contribution in [1.82, 2.24) is 0 Å². The molecule has 0 bridgehead atoms. The fourth-order valence-corrected chi connectivity index (χ4v) is 3.42. The van der Waals surface area contributed by atoms with Crippen molar-refractivity contribution >= 4 is 5.69 Å². The van der Waals surface area contributed by atoms with Gasteiger partial charge in [0.2, 0.25) is 0 Å². The van der Waals surface area contributed by atoms with Crippen LogP contribution in [-0.4, -0.2) is 0 Å². The van der Waals surface area contributed by atoms with E-state index in [2.05, 4.69) is 81.5 Å². The van der Waals surface area contributed by atoms with E-state index in [0.29, 0.717) is 12.0 Å². The topological polar surface area (TPSA) is 12.0 Å². The second-order valence-electron chi connectivity index (χ2n) is 7.22. The van der Waals surface area contributed by atoms with Crippen LogP contribution in [0.1, 0.15) is 56.3 Å². The lowest BCUT2D eigenvalue weighted by molar-refractivity contribution is 0.337. The summed E-state index contributed by atoms with van der Waals surface area (Å²) in [5.74, 6) is 0.565. The molecule has 2 aromatic carbocycles. The molecular weight excluding hydrogens is 254 g/mol. The molecule has 0 saturated carbocycles. The number of hydrogen-bond acceptors (Lipinski definition) is 1. The molecule has 0 fully saturated rings. The molecule has 0 aliphatic heterocycles. The highest BCUT2D eigenvalue weighted by Gasteiger charge is 2.38. The van der Waals surface area contributed by atoms with Gasteiger partial charge in [0.25, 0.3) is 0 Å². The van der Waals surface area contributed by atoms with Crippen molar-refractivity contribution in [2.45, 2.75) is 46.1 Å². The Morgan fingerprint density at radius 1 is 1.05 bits per heavy atom. The lowest BCUT2D eigenvalue weighted by atomic mass is 9.85. The van der Waals surface area contributed by atoms with Gasteiger partial charge in [-0.1, -0.05) is 64.1 Å².